The van der Waals surface area contributed by atoms with Crippen LogP contribution in [0.1, 0.15) is 18.1 Å². The van der Waals surface area contributed by atoms with Crippen molar-refractivity contribution < 1.29 is 4.74 Å². The second kappa shape index (κ2) is 4.96. The van der Waals surface area contributed by atoms with Crippen LogP contribution in [0, 0.1) is 6.92 Å². The molecular formula is C17H19NO. The van der Waals surface area contributed by atoms with Crippen molar-refractivity contribution in [3.63, 3.8) is 0 Å². The standard InChI is InChI=1S/C17H19NO/c1-3-14-8-6-7-13(2)17(14)18-11-12-19-16-10-5-4-9-15(16)18/h4-10H,3,11-12H2,1-2H3. The number of ether oxygens (including phenoxy) is 1. The van der Waals surface area contributed by atoms with Gasteiger partial charge in [-0.3, -0.25) is 0 Å². The topological polar surface area (TPSA) is 12.5 Å². The van der Waals surface area contributed by atoms with Gasteiger partial charge in [0, 0.05) is 5.69 Å². The normalized spacial score (nSPS) is 13.9. The van der Waals surface area contributed by atoms with Crippen LogP contribution in [-0.4, -0.2) is 13.2 Å². The Morgan fingerprint density at radius 2 is 1.95 bits per heavy atom. The van der Waals surface area contributed by atoms with Crippen LogP contribution in [0.4, 0.5) is 11.4 Å². The average Bonchev–Trinajstić information content (AvgIpc) is 2.46. The van der Waals surface area contributed by atoms with Crippen LogP contribution in [0.15, 0.2) is 42.5 Å². The van der Waals surface area contributed by atoms with Crippen LogP contribution in [-0.2, 0) is 6.42 Å². The molecule has 0 amide bonds. The summed E-state index contributed by atoms with van der Waals surface area (Å²) in [6.07, 6.45) is 1.05. The molecule has 98 valence electrons. The average molecular weight is 253 g/mol. The molecule has 0 radical (unpaired) electrons. The van der Waals surface area contributed by atoms with Gasteiger partial charge in [-0.15, -0.1) is 0 Å². The van der Waals surface area contributed by atoms with Crippen molar-refractivity contribution in [3.8, 4) is 5.75 Å². The van der Waals surface area contributed by atoms with Gasteiger partial charge < -0.3 is 9.64 Å². The number of benzene rings is 2. The van der Waals surface area contributed by atoms with E-state index in [2.05, 4.69) is 49.1 Å². The highest BCUT2D eigenvalue weighted by Crippen LogP contribution is 2.39. The maximum Gasteiger partial charge on any atom is 0.143 e. The lowest BCUT2D eigenvalue weighted by atomic mass is 10.0. The Morgan fingerprint density at radius 1 is 1.11 bits per heavy atom. The second-order valence-corrected chi connectivity index (χ2v) is 4.90. The minimum atomic E-state index is 0.745. The molecule has 1 aliphatic heterocycles. The first-order valence-corrected chi connectivity index (χ1v) is 6.89. The lowest BCUT2D eigenvalue weighted by molar-refractivity contribution is 0.314. The fourth-order valence-electron chi connectivity index (χ4n) is 2.79. The van der Waals surface area contributed by atoms with E-state index in [1.165, 1.54) is 22.5 Å². The zero-order chi connectivity index (χ0) is 13.2. The van der Waals surface area contributed by atoms with E-state index >= 15 is 0 Å². The molecule has 2 aromatic carbocycles. The van der Waals surface area contributed by atoms with Crippen molar-refractivity contribution in [2.45, 2.75) is 20.3 Å². The maximum atomic E-state index is 5.75. The molecule has 0 aliphatic carbocycles. The summed E-state index contributed by atoms with van der Waals surface area (Å²) in [5.74, 6) is 0.985. The third kappa shape index (κ3) is 2.07. The van der Waals surface area contributed by atoms with Crippen LogP contribution in [0.3, 0.4) is 0 Å². The molecule has 3 rings (SSSR count). The summed E-state index contributed by atoms with van der Waals surface area (Å²) in [6, 6.07) is 14.8. The first kappa shape index (κ1) is 12.1. The highest BCUT2D eigenvalue weighted by Gasteiger charge is 2.21. The Kier molecular flexibility index (Phi) is 3.16. The highest BCUT2D eigenvalue weighted by atomic mass is 16.5. The number of para-hydroxylation sites is 3. The van der Waals surface area contributed by atoms with E-state index in [0.29, 0.717) is 0 Å². The lowest BCUT2D eigenvalue weighted by Gasteiger charge is -2.33. The van der Waals surface area contributed by atoms with Crippen LogP contribution >= 0.6 is 0 Å². The predicted molar refractivity (Wildman–Crippen MR) is 79.5 cm³/mol. The maximum absolute atomic E-state index is 5.75. The van der Waals surface area contributed by atoms with Crippen molar-refractivity contribution in [2.75, 3.05) is 18.1 Å². The molecular weight excluding hydrogens is 234 g/mol. The number of fused-ring (bicyclic) bond motifs is 1. The molecule has 0 saturated carbocycles. The summed E-state index contributed by atoms with van der Waals surface area (Å²) >= 11 is 0. The Labute approximate surface area is 114 Å². The molecule has 2 heteroatoms. The summed E-state index contributed by atoms with van der Waals surface area (Å²) in [4.78, 5) is 2.40. The van der Waals surface area contributed by atoms with E-state index in [-0.39, 0.29) is 0 Å². The summed E-state index contributed by atoms with van der Waals surface area (Å²) in [6.45, 7) is 6.06. The van der Waals surface area contributed by atoms with E-state index in [4.69, 9.17) is 4.74 Å². The number of hydrogen-bond donors (Lipinski definition) is 0. The van der Waals surface area contributed by atoms with Crippen LogP contribution in [0.5, 0.6) is 5.75 Å². The Bertz CT molecular complexity index is 592. The molecule has 0 bridgehead atoms. The van der Waals surface area contributed by atoms with E-state index in [0.717, 1.165) is 25.3 Å². The molecule has 0 atom stereocenters. The molecule has 19 heavy (non-hydrogen) atoms. The lowest BCUT2D eigenvalue weighted by Crippen LogP contribution is -2.29. The predicted octanol–water partition coefficient (Wildman–Crippen LogP) is 4.09. The molecule has 1 heterocycles. The van der Waals surface area contributed by atoms with Crippen molar-refractivity contribution in [2.24, 2.45) is 0 Å². The molecule has 0 fully saturated rings. The third-order valence-corrected chi connectivity index (χ3v) is 3.70. The van der Waals surface area contributed by atoms with Gasteiger partial charge in [-0.1, -0.05) is 37.3 Å². The number of hydrogen-bond acceptors (Lipinski definition) is 2. The van der Waals surface area contributed by atoms with Crippen molar-refractivity contribution in [1.82, 2.24) is 0 Å². The van der Waals surface area contributed by atoms with Gasteiger partial charge >= 0.3 is 0 Å². The summed E-state index contributed by atoms with van der Waals surface area (Å²) in [7, 11) is 0. The quantitative estimate of drug-likeness (QED) is 0.799. The van der Waals surface area contributed by atoms with Gasteiger partial charge in [-0.25, -0.2) is 0 Å². The Morgan fingerprint density at radius 3 is 2.79 bits per heavy atom. The first-order valence-electron chi connectivity index (χ1n) is 6.89. The van der Waals surface area contributed by atoms with Gasteiger partial charge in [0.1, 0.15) is 12.4 Å². The zero-order valence-electron chi connectivity index (χ0n) is 11.5. The Balaban J connectivity index is 2.14. The fraction of sp³-hybridized carbons (Fsp3) is 0.294. The van der Waals surface area contributed by atoms with Crippen molar-refractivity contribution >= 4 is 11.4 Å². The van der Waals surface area contributed by atoms with Crippen LogP contribution < -0.4 is 9.64 Å². The minimum absolute atomic E-state index is 0.745. The van der Waals surface area contributed by atoms with Gasteiger partial charge in [0.2, 0.25) is 0 Å². The fourth-order valence-corrected chi connectivity index (χ4v) is 2.79. The molecule has 0 N–H and O–H groups in total. The van der Waals surface area contributed by atoms with Crippen molar-refractivity contribution in [1.29, 1.82) is 0 Å². The third-order valence-electron chi connectivity index (χ3n) is 3.70. The van der Waals surface area contributed by atoms with E-state index in [9.17, 15) is 0 Å². The smallest absolute Gasteiger partial charge is 0.143 e. The molecule has 1 aliphatic rings. The van der Waals surface area contributed by atoms with E-state index in [1.807, 2.05) is 12.1 Å². The monoisotopic (exact) mass is 253 g/mol. The number of rotatable bonds is 2. The van der Waals surface area contributed by atoms with Crippen LogP contribution in [0.2, 0.25) is 0 Å². The van der Waals surface area contributed by atoms with Gasteiger partial charge in [-0.05, 0) is 36.6 Å². The molecule has 2 nitrogen and oxygen atoms in total. The highest BCUT2D eigenvalue weighted by molar-refractivity contribution is 5.74. The van der Waals surface area contributed by atoms with Gasteiger partial charge in [0.05, 0.1) is 12.2 Å². The minimum Gasteiger partial charge on any atom is -0.490 e. The molecule has 0 unspecified atom stereocenters. The molecule has 2 aromatic rings. The number of nitrogens with zero attached hydrogens (tertiary/aromatic N) is 1. The van der Waals surface area contributed by atoms with E-state index < -0.39 is 0 Å². The summed E-state index contributed by atoms with van der Waals surface area (Å²) in [5, 5.41) is 0. The molecule has 0 saturated heterocycles. The number of anilines is 2. The summed E-state index contributed by atoms with van der Waals surface area (Å²) < 4.78 is 5.75. The van der Waals surface area contributed by atoms with Crippen molar-refractivity contribution in [3.05, 3.63) is 53.6 Å². The SMILES string of the molecule is CCc1cccc(C)c1N1CCOc2ccccc21. The van der Waals surface area contributed by atoms with E-state index in [1.54, 1.807) is 0 Å². The second-order valence-electron chi connectivity index (χ2n) is 4.90. The zero-order valence-corrected chi connectivity index (χ0v) is 11.5. The van der Waals surface area contributed by atoms with Gasteiger partial charge in [0.15, 0.2) is 0 Å². The van der Waals surface area contributed by atoms with Gasteiger partial charge in [-0.2, -0.15) is 0 Å². The Hall–Kier alpha value is -1.96. The summed E-state index contributed by atoms with van der Waals surface area (Å²) in [5.41, 5.74) is 5.26. The van der Waals surface area contributed by atoms with Crippen LogP contribution in [0.25, 0.3) is 0 Å². The number of aryl methyl sites for hydroxylation is 2. The molecule has 0 spiro atoms. The first-order chi connectivity index (χ1) is 9.31. The largest absolute Gasteiger partial charge is 0.490 e. The van der Waals surface area contributed by atoms with Gasteiger partial charge in [0.25, 0.3) is 0 Å². The molecule has 0 aromatic heterocycles.